The van der Waals surface area contributed by atoms with Gasteiger partial charge in [-0.3, -0.25) is 19.3 Å². The summed E-state index contributed by atoms with van der Waals surface area (Å²) >= 11 is 0. The highest BCUT2D eigenvalue weighted by Gasteiger charge is 2.36. The van der Waals surface area contributed by atoms with Gasteiger partial charge in [-0.05, 0) is 130 Å². The standard InChI is InChI=1S/C42H57N5O5/c1-52-40(49)29-44-19-12-32(13-20-44)33-14-21-46(22-15-33)41(50)36(27-30-10-11-31-6-2-3-8-35(31)26-30)28-39(48)45-23-17-37(18-24-45)47-25-16-34-7-4-5-9-38(34)43-42(47)51/h4-5,7,9-11,26,32-33,36-37H,2-3,6,8,12-25,27-29H2,1H3,(H,43,51). The molecule has 1 aliphatic carbocycles. The molecule has 7 rings (SSSR count). The molecule has 0 bridgehead atoms. The minimum atomic E-state index is -0.389. The van der Waals surface area contributed by atoms with Crippen LogP contribution in [-0.2, 0) is 44.8 Å². The number of piperidine rings is 3. The molecule has 1 atom stereocenters. The average Bonchev–Trinajstić information content (AvgIpc) is 3.35. The van der Waals surface area contributed by atoms with Crippen LogP contribution in [0, 0.1) is 17.8 Å². The first-order valence-electron chi connectivity index (χ1n) is 20.0. The number of rotatable bonds is 9. The van der Waals surface area contributed by atoms with Crippen LogP contribution in [0.1, 0.15) is 80.0 Å². The Morgan fingerprint density at radius 1 is 0.769 bits per heavy atom. The van der Waals surface area contributed by atoms with Crippen molar-refractivity contribution in [1.82, 2.24) is 19.6 Å². The Bertz CT molecular complexity index is 1590. The number of para-hydroxylation sites is 1. The number of esters is 1. The summed E-state index contributed by atoms with van der Waals surface area (Å²) in [6, 6.07) is 14.8. The van der Waals surface area contributed by atoms with Crippen molar-refractivity contribution in [2.24, 2.45) is 17.8 Å². The third-order valence-electron chi connectivity index (χ3n) is 12.8. The number of urea groups is 1. The van der Waals surface area contributed by atoms with Crippen molar-refractivity contribution in [3.05, 3.63) is 64.7 Å². The number of carbonyl (C=O) groups excluding carboxylic acids is 4. The van der Waals surface area contributed by atoms with Crippen LogP contribution < -0.4 is 5.32 Å². The van der Waals surface area contributed by atoms with Gasteiger partial charge in [-0.2, -0.15) is 0 Å². The summed E-state index contributed by atoms with van der Waals surface area (Å²) < 4.78 is 4.86. The summed E-state index contributed by atoms with van der Waals surface area (Å²) in [5.74, 6) is 0.820. The molecule has 1 unspecified atom stereocenters. The highest BCUT2D eigenvalue weighted by molar-refractivity contribution is 5.91. The topological polar surface area (TPSA) is 102 Å². The van der Waals surface area contributed by atoms with Crippen LogP contribution in [-0.4, -0.2) is 109 Å². The van der Waals surface area contributed by atoms with Crippen molar-refractivity contribution in [3.8, 4) is 0 Å². The highest BCUT2D eigenvalue weighted by Crippen LogP contribution is 2.34. The van der Waals surface area contributed by atoms with Crippen molar-refractivity contribution in [2.45, 2.75) is 89.5 Å². The molecule has 10 nitrogen and oxygen atoms in total. The van der Waals surface area contributed by atoms with Gasteiger partial charge in [-0.1, -0.05) is 36.4 Å². The largest absolute Gasteiger partial charge is 0.468 e. The van der Waals surface area contributed by atoms with Crippen LogP contribution in [0.2, 0.25) is 0 Å². The molecule has 2 aromatic carbocycles. The van der Waals surface area contributed by atoms with Crippen molar-refractivity contribution < 1.29 is 23.9 Å². The predicted octanol–water partition coefficient (Wildman–Crippen LogP) is 5.32. The van der Waals surface area contributed by atoms with E-state index < -0.39 is 0 Å². The maximum atomic E-state index is 14.3. The lowest BCUT2D eigenvalue weighted by molar-refractivity contribution is -0.143. The molecule has 4 aliphatic heterocycles. The molecule has 5 aliphatic rings. The number of hydrogen-bond acceptors (Lipinski definition) is 6. The Morgan fingerprint density at radius 2 is 1.44 bits per heavy atom. The lowest BCUT2D eigenvalue weighted by Crippen LogP contribution is -2.50. The minimum Gasteiger partial charge on any atom is -0.468 e. The zero-order valence-electron chi connectivity index (χ0n) is 31.0. The van der Waals surface area contributed by atoms with Gasteiger partial charge in [-0.15, -0.1) is 0 Å². The fraction of sp³-hybridized carbons (Fsp3) is 0.619. The smallest absolute Gasteiger partial charge is 0.322 e. The summed E-state index contributed by atoms with van der Waals surface area (Å²) in [4.78, 5) is 61.4. The number of nitrogens with zero attached hydrogens (tertiary/aromatic N) is 4. The molecule has 0 saturated carbocycles. The van der Waals surface area contributed by atoms with E-state index in [-0.39, 0.29) is 42.2 Å². The predicted molar refractivity (Wildman–Crippen MR) is 201 cm³/mol. The van der Waals surface area contributed by atoms with Crippen molar-refractivity contribution in [2.75, 3.05) is 64.8 Å². The van der Waals surface area contributed by atoms with Crippen molar-refractivity contribution in [3.63, 3.8) is 0 Å². The normalized spacial score (nSPS) is 21.5. The lowest BCUT2D eigenvalue weighted by atomic mass is 9.78. The molecule has 0 aromatic heterocycles. The lowest BCUT2D eigenvalue weighted by Gasteiger charge is -2.41. The molecule has 52 heavy (non-hydrogen) atoms. The fourth-order valence-electron chi connectivity index (χ4n) is 9.63. The summed E-state index contributed by atoms with van der Waals surface area (Å²) in [5.41, 5.74) is 6.04. The second kappa shape index (κ2) is 16.8. The summed E-state index contributed by atoms with van der Waals surface area (Å²) in [6.45, 7) is 5.56. The van der Waals surface area contributed by atoms with E-state index in [0.717, 1.165) is 101 Å². The minimum absolute atomic E-state index is 0.0519. The van der Waals surface area contributed by atoms with Crippen LogP contribution in [0.15, 0.2) is 42.5 Å². The molecule has 280 valence electrons. The first-order chi connectivity index (χ1) is 25.3. The molecule has 4 amide bonds. The first kappa shape index (κ1) is 36.4. The zero-order valence-corrected chi connectivity index (χ0v) is 31.0. The van der Waals surface area contributed by atoms with Gasteiger partial charge in [0.25, 0.3) is 0 Å². The number of amides is 4. The molecule has 2 aromatic rings. The van der Waals surface area contributed by atoms with E-state index in [0.29, 0.717) is 44.4 Å². The number of nitrogens with one attached hydrogen (secondary N) is 1. The Morgan fingerprint density at radius 3 is 2.17 bits per heavy atom. The molecule has 3 saturated heterocycles. The Balaban J connectivity index is 0.959. The van der Waals surface area contributed by atoms with Crippen molar-refractivity contribution >= 4 is 29.5 Å². The monoisotopic (exact) mass is 711 g/mol. The second-order valence-corrected chi connectivity index (χ2v) is 15.9. The van der Waals surface area contributed by atoms with E-state index in [4.69, 9.17) is 4.74 Å². The number of anilines is 1. The van der Waals surface area contributed by atoms with Gasteiger partial charge in [0.05, 0.1) is 19.6 Å². The molecule has 10 heteroatoms. The number of methoxy groups -OCH3 is 1. The number of ether oxygens (including phenoxy) is 1. The van der Waals surface area contributed by atoms with E-state index in [1.54, 1.807) is 0 Å². The SMILES string of the molecule is COC(=O)CN1CCC(C2CCN(C(=O)C(CC(=O)N3CCC(N4CCc5ccccc5NC4=O)CC3)Cc3ccc4c(c3)CCCC4)CC2)CC1. The van der Waals surface area contributed by atoms with Crippen LogP contribution in [0.25, 0.3) is 0 Å². The maximum absolute atomic E-state index is 14.3. The van der Waals surface area contributed by atoms with E-state index in [9.17, 15) is 19.2 Å². The summed E-state index contributed by atoms with van der Waals surface area (Å²) in [7, 11) is 1.44. The average molecular weight is 712 g/mol. The van der Waals surface area contributed by atoms with Crippen LogP contribution >= 0.6 is 0 Å². The Hall–Kier alpha value is -3.92. The highest BCUT2D eigenvalue weighted by atomic mass is 16.5. The van der Waals surface area contributed by atoms with E-state index in [1.165, 1.54) is 31.1 Å². The van der Waals surface area contributed by atoms with Gasteiger partial charge in [-0.25, -0.2) is 4.79 Å². The number of fused-ring (bicyclic) bond motifs is 2. The zero-order chi connectivity index (χ0) is 36.0. The quantitative estimate of drug-likeness (QED) is 0.354. The molecule has 0 spiro atoms. The molecular weight excluding hydrogens is 654 g/mol. The third kappa shape index (κ3) is 8.64. The fourth-order valence-corrected chi connectivity index (χ4v) is 9.63. The van der Waals surface area contributed by atoms with E-state index in [1.807, 2.05) is 32.9 Å². The van der Waals surface area contributed by atoms with Crippen LogP contribution in [0.5, 0.6) is 0 Å². The number of likely N-dealkylation sites (tertiary alicyclic amines) is 3. The molecule has 0 radical (unpaired) electrons. The first-order valence-corrected chi connectivity index (χ1v) is 20.0. The van der Waals surface area contributed by atoms with Gasteiger partial charge in [0.15, 0.2) is 0 Å². The number of carbonyl (C=O) groups is 4. The maximum Gasteiger partial charge on any atom is 0.322 e. The molecule has 1 N–H and O–H groups in total. The molecule has 4 heterocycles. The van der Waals surface area contributed by atoms with Crippen LogP contribution in [0.3, 0.4) is 0 Å². The summed E-state index contributed by atoms with van der Waals surface area (Å²) in [6.07, 6.45) is 11.9. The van der Waals surface area contributed by atoms with E-state index >= 15 is 0 Å². The van der Waals surface area contributed by atoms with Gasteiger partial charge in [0.2, 0.25) is 11.8 Å². The van der Waals surface area contributed by atoms with Gasteiger partial charge in [0, 0.05) is 50.9 Å². The van der Waals surface area contributed by atoms with E-state index in [2.05, 4.69) is 34.5 Å². The van der Waals surface area contributed by atoms with Crippen molar-refractivity contribution in [1.29, 1.82) is 0 Å². The summed E-state index contributed by atoms with van der Waals surface area (Å²) in [5, 5.41) is 3.09. The number of hydrogen-bond donors (Lipinski definition) is 1. The molecular formula is C42H57N5O5. The Kier molecular flexibility index (Phi) is 11.8. The van der Waals surface area contributed by atoms with Gasteiger partial charge in [0.1, 0.15) is 0 Å². The third-order valence-corrected chi connectivity index (χ3v) is 12.8. The van der Waals surface area contributed by atoms with Crippen LogP contribution in [0.4, 0.5) is 10.5 Å². The number of aryl methyl sites for hydroxylation is 2. The number of benzene rings is 2. The second-order valence-electron chi connectivity index (χ2n) is 15.9. The van der Waals surface area contributed by atoms with Gasteiger partial charge < -0.3 is 24.8 Å². The van der Waals surface area contributed by atoms with Gasteiger partial charge >= 0.3 is 12.0 Å². The Labute approximate surface area is 309 Å². The molecule has 3 fully saturated rings.